The highest BCUT2D eigenvalue weighted by Crippen LogP contribution is 2.44. The third kappa shape index (κ3) is 2.79. The third-order valence-corrected chi connectivity index (χ3v) is 5.59. The van der Waals surface area contributed by atoms with Gasteiger partial charge >= 0.3 is 0 Å². The summed E-state index contributed by atoms with van der Waals surface area (Å²) < 4.78 is 5.24. The van der Waals surface area contributed by atoms with Crippen molar-refractivity contribution >= 4 is 5.91 Å². The smallest absolute Gasteiger partial charge is 0.269 e. The predicted molar refractivity (Wildman–Crippen MR) is 91.9 cm³/mol. The first-order chi connectivity index (χ1) is 11.7. The van der Waals surface area contributed by atoms with Gasteiger partial charge in [-0.2, -0.15) is 5.10 Å². The van der Waals surface area contributed by atoms with Crippen LogP contribution in [0.2, 0.25) is 0 Å². The van der Waals surface area contributed by atoms with Crippen LogP contribution in [0.5, 0.6) is 5.75 Å². The minimum atomic E-state index is -0.0470. The Bertz CT molecular complexity index is 740. The van der Waals surface area contributed by atoms with Crippen LogP contribution < -0.4 is 10.1 Å². The normalized spacial score (nSPS) is 25.5. The third-order valence-electron chi connectivity index (χ3n) is 5.59. The first kappa shape index (κ1) is 15.2. The summed E-state index contributed by atoms with van der Waals surface area (Å²) in [4.78, 5) is 12.5. The van der Waals surface area contributed by atoms with Gasteiger partial charge < -0.3 is 10.1 Å². The number of benzene rings is 1. The average Bonchev–Trinajstić information content (AvgIpc) is 3.33. The lowest BCUT2D eigenvalue weighted by Gasteiger charge is -2.19. The molecule has 2 saturated carbocycles. The van der Waals surface area contributed by atoms with Crippen molar-refractivity contribution in [3.05, 3.63) is 36.0 Å². The number of aromatic nitrogens is 2. The fourth-order valence-electron chi connectivity index (χ4n) is 4.36. The number of rotatable bonds is 4. The van der Waals surface area contributed by atoms with Crippen molar-refractivity contribution in [1.82, 2.24) is 15.5 Å². The second-order valence-electron chi connectivity index (χ2n) is 6.91. The maximum atomic E-state index is 12.5. The quantitative estimate of drug-likeness (QED) is 0.905. The van der Waals surface area contributed by atoms with Gasteiger partial charge in [0.1, 0.15) is 11.4 Å². The number of methoxy groups -OCH3 is 1. The zero-order valence-electron chi connectivity index (χ0n) is 13.9. The van der Waals surface area contributed by atoms with Crippen molar-refractivity contribution in [2.45, 2.75) is 38.1 Å². The van der Waals surface area contributed by atoms with E-state index in [1.807, 2.05) is 30.3 Å². The van der Waals surface area contributed by atoms with Gasteiger partial charge in [-0.1, -0.05) is 25.0 Å². The molecule has 5 heteroatoms. The second-order valence-corrected chi connectivity index (χ2v) is 6.91. The molecule has 0 bridgehead atoms. The monoisotopic (exact) mass is 325 g/mol. The van der Waals surface area contributed by atoms with Crippen molar-refractivity contribution in [2.75, 3.05) is 7.11 Å². The molecule has 0 radical (unpaired) electrons. The number of nitrogens with one attached hydrogen (secondary N) is 2. The summed E-state index contributed by atoms with van der Waals surface area (Å²) in [5, 5.41) is 10.4. The van der Waals surface area contributed by atoms with Gasteiger partial charge in [0.25, 0.3) is 5.91 Å². The van der Waals surface area contributed by atoms with Crippen LogP contribution in [0.15, 0.2) is 30.3 Å². The van der Waals surface area contributed by atoms with Gasteiger partial charge in [-0.05, 0) is 49.3 Å². The number of carbonyl (C=O) groups excluding carboxylic acids is 1. The summed E-state index contributed by atoms with van der Waals surface area (Å²) in [6.45, 7) is 0. The van der Waals surface area contributed by atoms with E-state index in [1.165, 1.54) is 25.7 Å². The minimum absolute atomic E-state index is 0.0470. The van der Waals surface area contributed by atoms with Crippen LogP contribution in [0.3, 0.4) is 0 Å². The lowest BCUT2D eigenvalue weighted by atomic mass is 9.97. The first-order valence-corrected chi connectivity index (χ1v) is 8.75. The molecular weight excluding hydrogens is 302 g/mol. The Hall–Kier alpha value is -2.30. The zero-order valence-corrected chi connectivity index (χ0v) is 13.9. The number of amides is 1. The number of H-pyrrole nitrogens is 1. The van der Waals surface area contributed by atoms with Crippen LogP contribution >= 0.6 is 0 Å². The van der Waals surface area contributed by atoms with Gasteiger partial charge in [0, 0.05) is 11.6 Å². The fraction of sp³-hybridized carbons (Fsp3) is 0.474. The van der Waals surface area contributed by atoms with E-state index in [-0.39, 0.29) is 5.91 Å². The summed E-state index contributed by atoms with van der Waals surface area (Å²) in [7, 11) is 1.64. The molecule has 0 saturated heterocycles. The Morgan fingerprint density at radius 1 is 1.25 bits per heavy atom. The number of hydrogen-bond acceptors (Lipinski definition) is 3. The Morgan fingerprint density at radius 2 is 2.17 bits per heavy atom. The molecule has 1 aromatic carbocycles. The molecular formula is C19H23N3O2. The highest BCUT2D eigenvalue weighted by Gasteiger charge is 2.39. The molecule has 1 aromatic heterocycles. The van der Waals surface area contributed by atoms with Crippen LogP contribution in [0, 0.1) is 11.8 Å². The molecule has 2 aliphatic carbocycles. The molecule has 0 aliphatic heterocycles. The summed E-state index contributed by atoms with van der Waals surface area (Å²) in [5.74, 6) is 2.23. The van der Waals surface area contributed by atoms with Gasteiger partial charge in [-0.3, -0.25) is 9.89 Å². The minimum Gasteiger partial charge on any atom is -0.497 e. The summed E-state index contributed by atoms with van der Waals surface area (Å²) in [6.07, 6.45) is 6.27. The summed E-state index contributed by atoms with van der Waals surface area (Å²) in [5.41, 5.74) is 2.21. The number of ether oxygens (including phenoxy) is 1. The predicted octanol–water partition coefficient (Wildman–Crippen LogP) is 3.39. The zero-order chi connectivity index (χ0) is 16.5. The van der Waals surface area contributed by atoms with Crippen LogP contribution in [0.1, 0.15) is 42.6 Å². The van der Waals surface area contributed by atoms with Gasteiger partial charge in [0.15, 0.2) is 0 Å². The van der Waals surface area contributed by atoms with Crippen LogP contribution in [0.25, 0.3) is 11.3 Å². The Balaban J connectivity index is 1.47. The van der Waals surface area contributed by atoms with Crippen molar-refractivity contribution in [2.24, 2.45) is 11.8 Å². The SMILES string of the molecule is COc1cccc(-c2cc(C(=O)NC3CCC4CCCC43)[nH]n2)c1. The van der Waals surface area contributed by atoms with Crippen molar-refractivity contribution in [1.29, 1.82) is 0 Å². The van der Waals surface area contributed by atoms with E-state index in [0.29, 0.717) is 17.7 Å². The van der Waals surface area contributed by atoms with E-state index in [1.54, 1.807) is 7.11 Å². The van der Waals surface area contributed by atoms with Crippen molar-refractivity contribution in [3.8, 4) is 17.0 Å². The Labute approximate surface area is 141 Å². The van der Waals surface area contributed by atoms with Gasteiger partial charge in [-0.15, -0.1) is 0 Å². The maximum Gasteiger partial charge on any atom is 0.269 e. The molecule has 5 nitrogen and oxygen atoms in total. The van der Waals surface area contributed by atoms with Gasteiger partial charge in [0.05, 0.1) is 12.8 Å². The molecule has 3 unspecified atom stereocenters. The van der Waals surface area contributed by atoms with Crippen molar-refractivity contribution in [3.63, 3.8) is 0 Å². The molecule has 2 aliphatic rings. The van der Waals surface area contributed by atoms with Gasteiger partial charge in [0.2, 0.25) is 0 Å². The highest BCUT2D eigenvalue weighted by atomic mass is 16.5. The number of aromatic amines is 1. The summed E-state index contributed by atoms with van der Waals surface area (Å²) >= 11 is 0. The molecule has 1 amide bonds. The Kier molecular flexibility index (Phi) is 4.00. The molecule has 126 valence electrons. The highest BCUT2D eigenvalue weighted by molar-refractivity contribution is 5.93. The standard InChI is InChI=1S/C19H23N3O2/c1-24-14-6-2-5-13(10-14)17-11-18(22-21-17)19(23)20-16-9-8-12-4-3-7-15(12)16/h2,5-6,10-12,15-16H,3-4,7-9H2,1H3,(H,20,23)(H,21,22). The maximum absolute atomic E-state index is 12.5. The molecule has 24 heavy (non-hydrogen) atoms. The van der Waals surface area contributed by atoms with E-state index in [0.717, 1.165) is 29.3 Å². The van der Waals surface area contributed by atoms with Crippen molar-refractivity contribution < 1.29 is 9.53 Å². The van der Waals surface area contributed by atoms with E-state index in [2.05, 4.69) is 15.5 Å². The molecule has 0 spiro atoms. The molecule has 1 heterocycles. The largest absolute Gasteiger partial charge is 0.497 e. The van der Waals surface area contributed by atoms with Crippen LogP contribution in [-0.4, -0.2) is 29.3 Å². The van der Waals surface area contributed by atoms with E-state index in [9.17, 15) is 4.79 Å². The van der Waals surface area contributed by atoms with Gasteiger partial charge in [-0.25, -0.2) is 0 Å². The Morgan fingerprint density at radius 3 is 3.04 bits per heavy atom. The summed E-state index contributed by atoms with van der Waals surface area (Å²) in [6, 6.07) is 9.82. The van der Waals surface area contributed by atoms with E-state index in [4.69, 9.17) is 4.74 Å². The molecule has 4 rings (SSSR count). The lowest BCUT2D eigenvalue weighted by molar-refractivity contribution is 0.0921. The fourth-order valence-corrected chi connectivity index (χ4v) is 4.36. The number of carbonyl (C=O) groups is 1. The molecule has 3 atom stereocenters. The lowest BCUT2D eigenvalue weighted by Crippen LogP contribution is -2.37. The topological polar surface area (TPSA) is 67.0 Å². The number of hydrogen-bond donors (Lipinski definition) is 2. The van der Waals surface area contributed by atoms with Crippen LogP contribution in [-0.2, 0) is 0 Å². The number of nitrogens with zero attached hydrogens (tertiary/aromatic N) is 1. The van der Waals surface area contributed by atoms with E-state index >= 15 is 0 Å². The first-order valence-electron chi connectivity index (χ1n) is 8.75. The van der Waals surface area contributed by atoms with E-state index < -0.39 is 0 Å². The molecule has 2 aromatic rings. The average molecular weight is 325 g/mol. The number of fused-ring (bicyclic) bond motifs is 1. The molecule has 2 N–H and O–H groups in total. The second kappa shape index (κ2) is 6.30. The molecule has 2 fully saturated rings. The van der Waals surface area contributed by atoms with Crippen LogP contribution in [0.4, 0.5) is 0 Å².